The summed E-state index contributed by atoms with van der Waals surface area (Å²) in [5.41, 5.74) is 3.21. The highest BCUT2D eigenvalue weighted by molar-refractivity contribution is 5.96. The fraction of sp³-hybridized carbons (Fsp3) is 0.278. The van der Waals surface area contributed by atoms with Crippen LogP contribution in [0.1, 0.15) is 19.4 Å². The van der Waals surface area contributed by atoms with E-state index in [9.17, 15) is 4.79 Å². The smallest absolute Gasteiger partial charge is 0.246 e. The number of benzene rings is 2. The van der Waals surface area contributed by atoms with E-state index in [0.29, 0.717) is 13.1 Å². The predicted octanol–water partition coefficient (Wildman–Crippen LogP) is 3.71. The van der Waals surface area contributed by atoms with Gasteiger partial charge in [0.2, 0.25) is 5.91 Å². The van der Waals surface area contributed by atoms with Gasteiger partial charge in [-0.1, -0.05) is 37.3 Å². The average Bonchev–Trinajstić information content (AvgIpc) is 2.55. The molecule has 3 nitrogen and oxygen atoms in total. The summed E-state index contributed by atoms with van der Waals surface area (Å²) in [6.45, 7) is 5.08. The zero-order chi connectivity index (χ0) is 15.1. The van der Waals surface area contributed by atoms with Gasteiger partial charge in [0, 0.05) is 17.9 Å². The van der Waals surface area contributed by atoms with Crippen molar-refractivity contribution < 1.29 is 4.79 Å². The van der Waals surface area contributed by atoms with Gasteiger partial charge in [0.1, 0.15) is 0 Å². The summed E-state index contributed by atoms with van der Waals surface area (Å²) >= 11 is 0. The van der Waals surface area contributed by atoms with E-state index in [1.807, 2.05) is 49.4 Å². The van der Waals surface area contributed by atoms with E-state index >= 15 is 0 Å². The SMILES string of the molecule is CCc1ccc(NCC(=O)N(CC)c2ccccc2)cc1. The van der Waals surface area contributed by atoms with Gasteiger partial charge in [-0.2, -0.15) is 0 Å². The topological polar surface area (TPSA) is 32.3 Å². The molecule has 2 aromatic rings. The van der Waals surface area contributed by atoms with E-state index in [2.05, 4.69) is 24.4 Å². The first-order chi connectivity index (χ1) is 10.2. The summed E-state index contributed by atoms with van der Waals surface area (Å²) in [6.07, 6.45) is 1.02. The number of nitrogens with zero attached hydrogens (tertiary/aromatic N) is 1. The summed E-state index contributed by atoms with van der Waals surface area (Å²) in [5, 5.41) is 3.19. The molecular formula is C18H22N2O. The first-order valence-electron chi connectivity index (χ1n) is 7.42. The summed E-state index contributed by atoms with van der Waals surface area (Å²) in [5.74, 6) is 0.0725. The zero-order valence-corrected chi connectivity index (χ0v) is 12.7. The van der Waals surface area contributed by atoms with Crippen LogP contribution in [0.4, 0.5) is 11.4 Å². The van der Waals surface area contributed by atoms with Gasteiger partial charge in [-0.3, -0.25) is 4.79 Å². The van der Waals surface area contributed by atoms with Gasteiger partial charge < -0.3 is 10.2 Å². The van der Waals surface area contributed by atoms with E-state index in [1.165, 1.54) is 5.56 Å². The van der Waals surface area contributed by atoms with Crippen LogP contribution < -0.4 is 10.2 Å². The molecule has 1 amide bonds. The summed E-state index contributed by atoms with van der Waals surface area (Å²) < 4.78 is 0. The normalized spacial score (nSPS) is 10.2. The number of rotatable bonds is 6. The van der Waals surface area contributed by atoms with Crippen molar-refractivity contribution in [2.75, 3.05) is 23.3 Å². The minimum absolute atomic E-state index is 0.0725. The number of likely N-dealkylation sites (N-methyl/N-ethyl adjacent to an activating group) is 1. The number of hydrogen-bond acceptors (Lipinski definition) is 2. The molecule has 0 aliphatic heterocycles. The molecular weight excluding hydrogens is 260 g/mol. The number of amides is 1. The molecule has 0 aliphatic rings. The molecule has 0 saturated heterocycles. The quantitative estimate of drug-likeness (QED) is 0.876. The summed E-state index contributed by atoms with van der Waals surface area (Å²) in [6, 6.07) is 18.0. The van der Waals surface area contributed by atoms with Crippen molar-refractivity contribution in [1.29, 1.82) is 0 Å². The maximum absolute atomic E-state index is 12.3. The molecule has 1 N–H and O–H groups in total. The highest BCUT2D eigenvalue weighted by Crippen LogP contribution is 2.14. The summed E-state index contributed by atoms with van der Waals surface area (Å²) in [4.78, 5) is 14.1. The first kappa shape index (κ1) is 15.1. The molecule has 21 heavy (non-hydrogen) atoms. The number of aryl methyl sites for hydroxylation is 1. The molecule has 0 fully saturated rings. The maximum Gasteiger partial charge on any atom is 0.246 e. The fourth-order valence-electron chi connectivity index (χ4n) is 2.24. The van der Waals surface area contributed by atoms with Crippen molar-refractivity contribution in [2.24, 2.45) is 0 Å². The second-order valence-electron chi connectivity index (χ2n) is 4.88. The van der Waals surface area contributed by atoms with Crippen molar-refractivity contribution in [3.63, 3.8) is 0 Å². The van der Waals surface area contributed by atoms with Crippen LogP contribution in [0.15, 0.2) is 54.6 Å². The standard InChI is InChI=1S/C18H22N2O/c1-3-15-10-12-16(13-11-15)19-14-18(21)20(4-2)17-8-6-5-7-9-17/h5-13,19H,3-4,14H2,1-2H3. The second kappa shape index (κ2) is 7.48. The lowest BCUT2D eigenvalue weighted by Crippen LogP contribution is -2.35. The maximum atomic E-state index is 12.3. The Morgan fingerprint density at radius 1 is 1.00 bits per heavy atom. The number of carbonyl (C=O) groups excluding carboxylic acids is 1. The molecule has 0 saturated carbocycles. The van der Waals surface area contributed by atoms with Gasteiger partial charge >= 0.3 is 0 Å². The Morgan fingerprint density at radius 3 is 2.24 bits per heavy atom. The van der Waals surface area contributed by atoms with Gasteiger partial charge in [-0.15, -0.1) is 0 Å². The Kier molecular flexibility index (Phi) is 5.38. The van der Waals surface area contributed by atoms with Gasteiger partial charge in [-0.05, 0) is 43.2 Å². The fourth-order valence-corrected chi connectivity index (χ4v) is 2.24. The first-order valence-corrected chi connectivity index (χ1v) is 7.42. The van der Waals surface area contributed by atoms with Crippen LogP contribution in [-0.2, 0) is 11.2 Å². The molecule has 110 valence electrons. The molecule has 0 unspecified atom stereocenters. The average molecular weight is 282 g/mol. The molecule has 0 aliphatic carbocycles. The largest absolute Gasteiger partial charge is 0.376 e. The van der Waals surface area contributed by atoms with Crippen LogP contribution in [0.3, 0.4) is 0 Å². The minimum Gasteiger partial charge on any atom is -0.376 e. The Morgan fingerprint density at radius 2 is 1.67 bits per heavy atom. The molecule has 2 rings (SSSR count). The number of nitrogens with one attached hydrogen (secondary N) is 1. The molecule has 0 aromatic heterocycles. The third-order valence-corrected chi connectivity index (χ3v) is 3.49. The van der Waals surface area contributed by atoms with Gasteiger partial charge in [-0.25, -0.2) is 0 Å². The Balaban J connectivity index is 1.96. The molecule has 0 atom stereocenters. The van der Waals surface area contributed by atoms with Gasteiger partial charge in [0.05, 0.1) is 6.54 Å². The van der Waals surface area contributed by atoms with E-state index in [-0.39, 0.29) is 5.91 Å². The van der Waals surface area contributed by atoms with E-state index in [1.54, 1.807) is 4.90 Å². The molecule has 0 radical (unpaired) electrons. The van der Waals surface area contributed by atoms with E-state index in [0.717, 1.165) is 17.8 Å². The van der Waals surface area contributed by atoms with Crippen molar-refractivity contribution in [3.8, 4) is 0 Å². The Labute approximate surface area is 126 Å². The molecule has 3 heteroatoms. The molecule has 0 spiro atoms. The molecule has 0 bridgehead atoms. The van der Waals surface area contributed by atoms with Crippen LogP contribution in [0.5, 0.6) is 0 Å². The Bertz CT molecular complexity index is 564. The molecule has 2 aromatic carbocycles. The highest BCUT2D eigenvalue weighted by Gasteiger charge is 2.12. The minimum atomic E-state index is 0.0725. The van der Waals surface area contributed by atoms with Crippen molar-refractivity contribution in [1.82, 2.24) is 0 Å². The second-order valence-corrected chi connectivity index (χ2v) is 4.88. The number of carbonyl (C=O) groups is 1. The lowest BCUT2D eigenvalue weighted by molar-refractivity contribution is -0.116. The van der Waals surface area contributed by atoms with Gasteiger partial charge in [0.15, 0.2) is 0 Å². The highest BCUT2D eigenvalue weighted by atomic mass is 16.2. The number of hydrogen-bond donors (Lipinski definition) is 1. The van der Waals surface area contributed by atoms with Crippen LogP contribution in [0, 0.1) is 0 Å². The zero-order valence-electron chi connectivity index (χ0n) is 12.7. The molecule has 0 heterocycles. The van der Waals surface area contributed by atoms with E-state index in [4.69, 9.17) is 0 Å². The van der Waals surface area contributed by atoms with Crippen molar-refractivity contribution in [3.05, 3.63) is 60.2 Å². The van der Waals surface area contributed by atoms with Crippen LogP contribution >= 0.6 is 0 Å². The van der Waals surface area contributed by atoms with Crippen molar-refractivity contribution in [2.45, 2.75) is 20.3 Å². The lowest BCUT2D eigenvalue weighted by atomic mass is 10.1. The van der Waals surface area contributed by atoms with Crippen LogP contribution in [-0.4, -0.2) is 19.0 Å². The third kappa shape index (κ3) is 4.09. The Hall–Kier alpha value is -2.29. The number of para-hydroxylation sites is 1. The van der Waals surface area contributed by atoms with E-state index < -0.39 is 0 Å². The van der Waals surface area contributed by atoms with Crippen LogP contribution in [0.25, 0.3) is 0 Å². The van der Waals surface area contributed by atoms with Crippen molar-refractivity contribution >= 4 is 17.3 Å². The monoisotopic (exact) mass is 282 g/mol. The van der Waals surface area contributed by atoms with Gasteiger partial charge in [0.25, 0.3) is 0 Å². The third-order valence-electron chi connectivity index (χ3n) is 3.49. The lowest BCUT2D eigenvalue weighted by Gasteiger charge is -2.21. The predicted molar refractivity (Wildman–Crippen MR) is 88.8 cm³/mol. The summed E-state index contributed by atoms with van der Waals surface area (Å²) in [7, 11) is 0. The number of anilines is 2. The van der Waals surface area contributed by atoms with Crippen LogP contribution in [0.2, 0.25) is 0 Å².